The predicted octanol–water partition coefficient (Wildman–Crippen LogP) is -0.652. The molecule has 0 aliphatic carbocycles. The van der Waals surface area contributed by atoms with Crippen LogP contribution in [0.5, 0.6) is 0 Å². The second-order valence-corrected chi connectivity index (χ2v) is 4.66. The van der Waals surface area contributed by atoms with Gasteiger partial charge in [0.15, 0.2) is 0 Å². The SMILES string of the molecule is OCCN1CCN(C[C@@H]2CCCN2)CC1. The van der Waals surface area contributed by atoms with Crippen LogP contribution in [-0.2, 0) is 0 Å². The van der Waals surface area contributed by atoms with Crippen LogP contribution >= 0.6 is 0 Å². The molecular weight excluding hydrogens is 190 g/mol. The van der Waals surface area contributed by atoms with Crippen LogP contribution < -0.4 is 5.32 Å². The molecule has 0 bridgehead atoms. The van der Waals surface area contributed by atoms with Gasteiger partial charge < -0.3 is 10.4 Å². The molecule has 2 N–H and O–H groups in total. The number of rotatable bonds is 4. The van der Waals surface area contributed by atoms with Crippen molar-refractivity contribution in [1.82, 2.24) is 15.1 Å². The van der Waals surface area contributed by atoms with Crippen molar-refractivity contribution in [1.29, 1.82) is 0 Å². The van der Waals surface area contributed by atoms with Crippen LogP contribution in [0.4, 0.5) is 0 Å². The number of hydrogen-bond acceptors (Lipinski definition) is 4. The lowest BCUT2D eigenvalue weighted by Crippen LogP contribution is -2.50. The van der Waals surface area contributed by atoms with Crippen molar-refractivity contribution >= 4 is 0 Å². The van der Waals surface area contributed by atoms with Crippen molar-refractivity contribution in [3.05, 3.63) is 0 Å². The molecule has 0 spiro atoms. The van der Waals surface area contributed by atoms with E-state index in [1.54, 1.807) is 0 Å². The average molecular weight is 213 g/mol. The first-order valence-corrected chi connectivity index (χ1v) is 6.17. The summed E-state index contributed by atoms with van der Waals surface area (Å²) in [5.74, 6) is 0. The summed E-state index contributed by atoms with van der Waals surface area (Å²) in [7, 11) is 0. The summed E-state index contributed by atoms with van der Waals surface area (Å²) in [5, 5.41) is 12.4. The van der Waals surface area contributed by atoms with Gasteiger partial charge in [-0.2, -0.15) is 0 Å². The fourth-order valence-corrected chi connectivity index (χ4v) is 2.56. The van der Waals surface area contributed by atoms with E-state index in [-0.39, 0.29) is 0 Å². The molecule has 0 radical (unpaired) electrons. The summed E-state index contributed by atoms with van der Waals surface area (Å²) in [4.78, 5) is 4.90. The lowest BCUT2D eigenvalue weighted by atomic mass is 10.2. The maximum atomic E-state index is 8.85. The zero-order valence-electron chi connectivity index (χ0n) is 9.49. The monoisotopic (exact) mass is 213 g/mol. The molecule has 1 atom stereocenters. The molecule has 15 heavy (non-hydrogen) atoms. The standard InChI is InChI=1S/C11H23N3O/c15-9-8-13-4-6-14(7-5-13)10-11-2-1-3-12-11/h11-12,15H,1-10H2/t11-/m0/s1. The van der Waals surface area contributed by atoms with Crippen LogP contribution in [0.3, 0.4) is 0 Å². The summed E-state index contributed by atoms with van der Waals surface area (Å²) >= 11 is 0. The molecule has 2 rings (SSSR count). The number of piperazine rings is 1. The van der Waals surface area contributed by atoms with Crippen molar-refractivity contribution in [3.8, 4) is 0 Å². The molecule has 2 heterocycles. The first-order chi connectivity index (χ1) is 7.38. The van der Waals surface area contributed by atoms with Crippen LogP contribution in [0.1, 0.15) is 12.8 Å². The van der Waals surface area contributed by atoms with Gasteiger partial charge in [0.2, 0.25) is 0 Å². The Kier molecular flexibility index (Phi) is 4.38. The summed E-state index contributed by atoms with van der Waals surface area (Å²) in [5.41, 5.74) is 0. The fourth-order valence-electron chi connectivity index (χ4n) is 2.56. The van der Waals surface area contributed by atoms with Crippen molar-refractivity contribution in [3.63, 3.8) is 0 Å². The minimum absolute atomic E-state index is 0.296. The highest BCUT2D eigenvalue weighted by Crippen LogP contribution is 2.09. The van der Waals surface area contributed by atoms with E-state index in [4.69, 9.17) is 5.11 Å². The number of aliphatic hydroxyl groups is 1. The van der Waals surface area contributed by atoms with E-state index in [0.29, 0.717) is 6.61 Å². The molecule has 2 aliphatic heterocycles. The van der Waals surface area contributed by atoms with Crippen molar-refractivity contribution in [2.75, 3.05) is 52.4 Å². The number of nitrogens with zero attached hydrogens (tertiary/aromatic N) is 2. The van der Waals surface area contributed by atoms with Gasteiger partial charge in [-0.25, -0.2) is 0 Å². The van der Waals surface area contributed by atoms with Gasteiger partial charge >= 0.3 is 0 Å². The van der Waals surface area contributed by atoms with E-state index in [1.807, 2.05) is 0 Å². The summed E-state index contributed by atoms with van der Waals surface area (Å²) in [6.07, 6.45) is 2.69. The number of hydrogen-bond donors (Lipinski definition) is 2. The third-order valence-electron chi connectivity index (χ3n) is 3.52. The fraction of sp³-hybridized carbons (Fsp3) is 1.00. The van der Waals surface area contributed by atoms with Gasteiger partial charge in [-0.1, -0.05) is 0 Å². The smallest absolute Gasteiger partial charge is 0.0558 e. The minimum atomic E-state index is 0.296. The zero-order chi connectivity index (χ0) is 10.5. The van der Waals surface area contributed by atoms with Crippen LogP contribution in [0.15, 0.2) is 0 Å². The molecule has 0 unspecified atom stereocenters. The molecule has 2 saturated heterocycles. The first-order valence-electron chi connectivity index (χ1n) is 6.17. The second-order valence-electron chi connectivity index (χ2n) is 4.66. The Hall–Kier alpha value is -0.160. The Morgan fingerprint density at radius 1 is 1.13 bits per heavy atom. The molecule has 4 nitrogen and oxygen atoms in total. The van der Waals surface area contributed by atoms with Crippen molar-refractivity contribution in [2.45, 2.75) is 18.9 Å². The molecule has 4 heteroatoms. The van der Waals surface area contributed by atoms with Gasteiger partial charge in [-0.15, -0.1) is 0 Å². The Balaban J connectivity index is 1.64. The van der Waals surface area contributed by atoms with Gasteiger partial charge in [0.05, 0.1) is 6.61 Å². The molecule has 0 aromatic rings. The Morgan fingerprint density at radius 3 is 2.47 bits per heavy atom. The van der Waals surface area contributed by atoms with Crippen LogP contribution in [0, 0.1) is 0 Å². The molecule has 0 saturated carbocycles. The van der Waals surface area contributed by atoms with Crippen molar-refractivity contribution in [2.24, 2.45) is 0 Å². The van der Waals surface area contributed by atoms with Crippen LogP contribution in [-0.4, -0.2) is 73.4 Å². The highest BCUT2D eigenvalue weighted by atomic mass is 16.3. The van der Waals surface area contributed by atoms with E-state index in [2.05, 4.69) is 15.1 Å². The van der Waals surface area contributed by atoms with E-state index in [0.717, 1.165) is 38.8 Å². The van der Waals surface area contributed by atoms with E-state index < -0.39 is 0 Å². The van der Waals surface area contributed by atoms with E-state index in [9.17, 15) is 0 Å². The Bertz CT molecular complexity index is 175. The van der Waals surface area contributed by atoms with Gasteiger partial charge in [0.1, 0.15) is 0 Å². The third kappa shape index (κ3) is 3.41. The van der Waals surface area contributed by atoms with E-state index in [1.165, 1.54) is 25.9 Å². The van der Waals surface area contributed by atoms with E-state index >= 15 is 0 Å². The topological polar surface area (TPSA) is 38.7 Å². The summed E-state index contributed by atoms with van der Waals surface area (Å²) < 4.78 is 0. The average Bonchev–Trinajstić information content (AvgIpc) is 2.74. The van der Waals surface area contributed by atoms with Gasteiger partial charge in [0, 0.05) is 45.3 Å². The van der Waals surface area contributed by atoms with Crippen LogP contribution in [0.25, 0.3) is 0 Å². The normalized spacial score (nSPS) is 29.8. The second kappa shape index (κ2) is 5.80. The van der Waals surface area contributed by atoms with Gasteiger partial charge in [0.25, 0.3) is 0 Å². The quantitative estimate of drug-likeness (QED) is 0.651. The minimum Gasteiger partial charge on any atom is -0.395 e. The maximum absolute atomic E-state index is 8.85. The lowest BCUT2D eigenvalue weighted by Gasteiger charge is -2.35. The Morgan fingerprint density at radius 2 is 1.87 bits per heavy atom. The number of nitrogens with one attached hydrogen (secondary N) is 1. The molecule has 88 valence electrons. The number of β-amino-alcohol motifs (C(OH)–C–C–N with tert-alkyl or cyclic N) is 1. The zero-order valence-corrected chi connectivity index (χ0v) is 9.49. The molecule has 2 fully saturated rings. The maximum Gasteiger partial charge on any atom is 0.0558 e. The van der Waals surface area contributed by atoms with Gasteiger partial charge in [-0.05, 0) is 19.4 Å². The predicted molar refractivity (Wildman–Crippen MR) is 61.0 cm³/mol. The molecular formula is C11H23N3O. The molecule has 0 aromatic heterocycles. The summed E-state index contributed by atoms with van der Waals surface area (Å²) in [6, 6.07) is 0.731. The van der Waals surface area contributed by atoms with Crippen molar-refractivity contribution < 1.29 is 5.11 Å². The lowest BCUT2D eigenvalue weighted by molar-refractivity contribution is 0.107. The van der Waals surface area contributed by atoms with Crippen LogP contribution in [0.2, 0.25) is 0 Å². The third-order valence-corrected chi connectivity index (χ3v) is 3.52. The number of aliphatic hydroxyl groups excluding tert-OH is 1. The molecule has 2 aliphatic rings. The largest absolute Gasteiger partial charge is 0.395 e. The molecule has 0 amide bonds. The highest BCUT2D eigenvalue weighted by molar-refractivity contribution is 4.80. The first kappa shape index (κ1) is 11.3. The summed E-state index contributed by atoms with van der Waals surface area (Å²) in [6.45, 7) is 8.12. The molecule has 0 aromatic carbocycles. The van der Waals surface area contributed by atoms with Gasteiger partial charge in [-0.3, -0.25) is 9.80 Å². The highest BCUT2D eigenvalue weighted by Gasteiger charge is 2.21. The Labute approximate surface area is 92.2 Å².